The van der Waals surface area contributed by atoms with E-state index in [1.165, 1.54) is 0 Å². The van der Waals surface area contributed by atoms with E-state index in [1.54, 1.807) is 0 Å². The normalized spacial score (nSPS) is 16.7. The molecule has 2 N–H and O–H groups in total. The summed E-state index contributed by atoms with van der Waals surface area (Å²) < 4.78 is 0. The highest BCUT2D eigenvalue weighted by atomic mass is 16.2. The van der Waals surface area contributed by atoms with Gasteiger partial charge in [-0.25, -0.2) is 0 Å². The second kappa shape index (κ2) is 5.99. The molecule has 0 aromatic carbocycles. The zero-order valence-corrected chi connectivity index (χ0v) is 11.1. The third-order valence-corrected chi connectivity index (χ3v) is 2.75. The van der Waals surface area contributed by atoms with Crippen molar-refractivity contribution in [2.75, 3.05) is 13.1 Å². The molecule has 0 saturated heterocycles. The fourth-order valence-corrected chi connectivity index (χ4v) is 1.68. The summed E-state index contributed by atoms with van der Waals surface area (Å²) in [5.41, 5.74) is 3.94. The van der Waals surface area contributed by atoms with Crippen LogP contribution in [0, 0.1) is 0 Å². The lowest BCUT2D eigenvalue weighted by molar-refractivity contribution is -0.143. The smallest absolute Gasteiger partial charge is 0.258 e. The van der Waals surface area contributed by atoms with Crippen LogP contribution in [0.5, 0.6) is 0 Å². The first-order valence-corrected chi connectivity index (χ1v) is 6.03. The highest BCUT2D eigenvalue weighted by Crippen LogP contribution is 2.03. The molecule has 10 heteroatoms. The highest BCUT2D eigenvalue weighted by molar-refractivity contribution is 6.15. The Morgan fingerprint density at radius 2 is 0.955 bits per heavy atom. The van der Waals surface area contributed by atoms with Crippen molar-refractivity contribution >= 4 is 35.4 Å². The van der Waals surface area contributed by atoms with Crippen LogP contribution in [0.1, 0.15) is 0 Å². The van der Waals surface area contributed by atoms with Crippen LogP contribution < -0.4 is 10.9 Å². The number of hydrazine groups is 1. The maximum atomic E-state index is 11.5. The van der Waals surface area contributed by atoms with Crippen molar-refractivity contribution < 1.29 is 28.8 Å². The van der Waals surface area contributed by atoms with Crippen LogP contribution in [0.25, 0.3) is 0 Å². The summed E-state index contributed by atoms with van der Waals surface area (Å²) in [5.74, 6) is -4.15. The molecule has 0 saturated carbocycles. The van der Waals surface area contributed by atoms with Gasteiger partial charge in [0, 0.05) is 24.3 Å². The first-order chi connectivity index (χ1) is 10.4. The lowest BCUT2D eigenvalue weighted by atomic mass is 10.5. The molecule has 22 heavy (non-hydrogen) atoms. The number of hydrogen-bond donors (Lipinski definition) is 2. The molecule has 0 bridgehead atoms. The number of rotatable bonds is 4. The quantitative estimate of drug-likeness (QED) is 0.419. The molecule has 0 aromatic rings. The molecule has 2 aliphatic heterocycles. The number of nitrogens with one attached hydrogen (secondary N) is 2. The minimum atomic E-state index is -0.809. The van der Waals surface area contributed by atoms with Crippen molar-refractivity contribution in [1.29, 1.82) is 0 Å². The van der Waals surface area contributed by atoms with Gasteiger partial charge < -0.3 is 0 Å². The van der Waals surface area contributed by atoms with Crippen molar-refractivity contribution in [3.8, 4) is 0 Å². The third kappa shape index (κ3) is 3.23. The molecule has 10 nitrogen and oxygen atoms in total. The first kappa shape index (κ1) is 15.1. The van der Waals surface area contributed by atoms with E-state index in [-0.39, 0.29) is 0 Å². The van der Waals surface area contributed by atoms with Crippen LogP contribution in [-0.4, -0.2) is 58.3 Å². The summed E-state index contributed by atoms with van der Waals surface area (Å²) in [6.45, 7) is -1.12. The topological polar surface area (TPSA) is 133 Å². The maximum absolute atomic E-state index is 11.5. The summed E-state index contributed by atoms with van der Waals surface area (Å²) >= 11 is 0. The second-order valence-corrected chi connectivity index (χ2v) is 4.29. The van der Waals surface area contributed by atoms with Gasteiger partial charge >= 0.3 is 0 Å². The van der Waals surface area contributed by atoms with Gasteiger partial charge in [-0.1, -0.05) is 0 Å². The summed E-state index contributed by atoms with van der Waals surface area (Å²) in [4.78, 5) is 69.3. The van der Waals surface area contributed by atoms with Gasteiger partial charge in [0.1, 0.15) is 13.1 Å². The minimum absolute atomic E-state index is 0.561. The second-order valence-electron chi connectivity index (χ2n) is 4.29. The standard InChI is InChI=1S/C12H10N4O6/c17-7(5-15-9(19)1-2-10(15)20)13-14-8(18)6-16-11(21)3-4-12(16)22/h1-4H,5-6H2,(H,13,17)(H,14,18). The fraction of sp³-hybridized carbons (Fsp3) is 0.167. The molecule has 114 valence electrons. The number of carbonyl (C=O) groups is 6. The molecular formula is C12H10N4O6. The van der Waals surface area contributed by atoms with Gasteiger partial charge in [-0.2, -0.15) is 0 Å². The number of imide groups is 2. The maximum Gasteiger partial charge on any atom is 0.258 e. The van der Waals surface area contributed by atoms with Crippen LogP contribution in [0.3, 0.4) is 0 Å². The van der Waals surface area contributed by atoms with E-state index in [9.17, 15) is 28.8 Å². The summed E-state index contributed by atoms with van der Waals surface area (Å²) in [7, 11) is 0. The first-order valence-electron chi connectivity index (χ1n) is 6.03. The zero-order chi connectivity index (χ0) is 16.3. The van der Waals surface area contributed by atoms with E-state index in [1.807, 2.05) is 10.9 Å². The third-order valence-electron chi connectivity index (χ3n) is 2.75. The summed E-state index contributed by atoms with van der Waals surface area (Å²) in [6, 6.07) is 0. The lowest BCUT2D eigenvalue weighted by Crippen LogP contribution is -2.50. The fourth-order valence-electron chi connectivity index (χ4n) is 1.68. The van der Waals surface area contributed by atoms with Crippen LogP contribution in [0.2, 0.25) is 0 Å². The highest BCUT2D eigenvalue weighted by Gasteiger charge is 2.27. The Balaban J connectivity index is 1.76. The van der Waals surface area contributed by atoms with Crippen molar-refractivity contribution in [2.24, 2.45) is 0 Å². The molecule has 2 heterocycles. The van der Waals surface area contributed by atoms with Crippen molar-refractivity contribution in [1.82, 2.24) is 20.7 Å². The molecule has 2 rings (SSSR count). The molecule has 0 fully saturated rings. The molecule has 2 aliphatic rings. The average Bonchev–Trinajstić information content (AvgIpc) is 2.95. The summed E-state index contributed by atoms with van der Waals surface area (Å²) in [5, 5.41) is 0. The monoisotopic (exact) mass is 306 g/mol. The van der Waals surface area contributed by atoms with Crippen LogP contribution in [0.4, 0.5) is 0 Å². The SMILES string of the molecule is O=C(CN1C(=O)C=CC1=O)NNC(=O)CN1C(=O)C=CC1=O. The Labute approximate surface area is 123 Å². The van der Waals surface area contributed by atoms with Gasteiger partial charge in [-0.15, -0.1) is 0 Å². The largest absolute Gasteiger partial charge is 0.271 e. The Bertz CT molecular complexity index is 558. The van der Waals surface area contributed by atoms with Gasteiger partial charge in [-0.05, 0) is 0 Å². The van der Waals surface area contributed by atoms with E-state index in [4.69, 9.17) is 0 Å². The molecule has 0 aliphatic carbocycles. The molecule has 6 amide bonds. The van der Waals surface area contributed by atoms with E-state index in [0.29, 0.717) is 9.80 Å². The Hall–Kier alpha value is -3.30. The van der Waals surface area contributed by atoms with E-state index < -0.39 is 48.5 Å². The van der Waals surface area contributed by atoms with Gasteiger partial charge in [0.15, 0.2) is 0 Å². The Morgan fingerprint density at radius 3 is 1.23 bits per heavy atom. The number of nitrogens with zero attached hydrogens (tertiary/aromatic N) is 2. The van der Waals surface area contributed by atoms with Gasteiger partial charge in [0.25, 0.3) is 35.4 Å². The van der Waals surface area contributed by atoms with E-state index in [2.05, 4.69) is 0 Å². The van der Waals surface area contributed by atoms with Crippen LogP contribution in [-0.2, 0) is 28.8 Å². The molecule has 0 unspecified atom stereocenters. The van der Waals surface area contributed by atoms with Crippen LogP contribution >= 0.6 is 0 Å². The van der Waals surface area contributed by atoms with E-state index in [0.717, 1.165) is 24.3 Å². The number of hydrogen-bond acceptors (Lipinski definition) is 6. The molecule has 0 atom stereocenters. The van der Waals surface area contributed by atoms with Crippen molar-refractivity contribution in [3.63, 3.8) is 0 Å². The predicted molar refractivity (Wildman–Crippen MR) is 68.0 cm³/mol. The lowest BCUT2D eigenvalue weighted by Gasteiger charge is -2.15. The predicted octanol–water partition coefficient (Wildman–Crippen LogP) is -3.02. The van der Waals surface area contributed by atoms with Crippen LogP contribution in [0.15, 0.2) is 24.3 Å². The minimum Gasteiger partial charge on any atom is -0.271 e. The van der Waals surface area contributed by atoms with Gasteiger partial charge in [0.05, 0.1) is 0 Å². The number of carbonyl (C=O) groups excluding carboxylic acids is 6. The molecule has 0 aromatic heterocycles. The summed E-state index contributed by atoms with van der Waals surface area (Å²) in [6.07, 6.45) is 4.08. The molecule has 0 radical (unpaired) electrons. The molecule has 0 spiro atoms. The zero-order valence-electron chi connectivity index (χ0n) is 11.1. The van der Waals surface area contributed by atoms with E-state index >= 15 is 0 Å². The number of amides is 6. The average molecular weight is 306 g/mol. The van der Waals surface area contributed by atoms with Gasteiger partial charge in [0.2, 0.25) is 0 Å². The Morgan fingerprint density at radius 1 is 0.682 bits per heavy atom. The molecular weight excluding hydrogens is 296 g/mol. The van der Waals surface area contributed by atoms with Crippen molar-refractivity contribution in [2.45, 2.75) is 0 Å². The van der Waals surface area contributed by atoms with Crippen molar-refractivity contribution in [3.05, 3.63) is 24.3 Å². The Kier molecular flexibility index (Phi) is 4.11. The van der Waals surface area contributed by atoms with Gasteiger partial charge in [-0.3, -0.25) is 49.4 Å².